The van der Waals surface area contributed by atoms with Crippen LogP contribution in [0.25, 0.3) is 0 Å². The lowest BCUT2D eigenvalue weighted by Gasteiger charge is -2.64. The molecule has 1 heterocycles. The summed E-state index contributed by atoms with van der Waals surface area (Å²) in [6, 6.07) is -0.796. The summed E-state index contributed by atoms with van der Waals surface area (Å²) in [4.78, 5) is 40.2. The number of nitro groups is 1. The number of nitrogens with one attached hydrogen (secondary N) is 3. The van der Waals surface area contributed by atoms with E-state index in [4.69, 9.17) is 15.0 Å². The molecule has 0 spiro atoms. The van der Waals surface area contributed by atoms with E-state index >= 15 is 0 Å². The van der Waals surface area contributed by atoms with Gasteiger partial charge in [-0.1, -0.05) is 33.1 Å². The average Bonchev–Trinajstić information content (AvgIpc) is 3.17. The highest BCUT2D eigenvalue weighted by atomic mass is 32.2. The summed E-state index contributed by atoms with van der Waals surface area (Å²) in [5.41, 5.74) is 7.08. The van der Waals surface area contributed by atoms with Crippen molar-refractivity contribution < 1.29 is 23.9 Å². The van der Waals surface area contributed by atoms with Gasteiger partial charge in [0.05, 0.1) is 23.4 Å². The zero-order valence-corrected chi connectivity index (χ0v) is 24.1. The van der Waals surface area contributed by atoms with Crippen molar-refractivity contribution in [2.45, 2.75) is 90.4 Å². The van der Waals surface area contributed by atoms with Crippen molar-refractivity contribution in [3.63, 3.8) is 0 Å². The number of amides is 2. The fraction of sp³-hybridized carbons (Fsp3) is 0.875. The highest BCUT2D eigenvalue weighted by Crippen LogP contribution is 2.65. The molecule has 0 aromatic heterocycles. The van der Waals surface area contributed by atoms with E-state index in [1.165, 1.54) is 11.8 Å². The zero-order chi connectivity index (χ0) is 28.3. The lowest BCUT2D eigenvalue weighted by atomic mass is 9.43. The Morgan fingerprint density at radius 2 is 1.97 bits per heavy atom. The van der Waals surface area contributed by atoms with Gasteiger partial charge >= 0.3 is 7.12 Å². The molecule has 0 aromatic carbocycles. The third-order valence-corrected chi connectivity index (χ3v) is 8.97. The van der Waals surface area contributed by atoms with Gasteiger partial charge in [-0.2, -0.15) is 11.8 Å². The number of carbonyl (C=O) groups excluding carboxylic acids is 2. The molecule has 3 saturated carbocycles. The van der Waals surface area contributed by atoms with Crippen LogP contribution in [-0.4, -0.2) is 72.2 Å². The summed E-state index contributed by atoms with van der Waals surface area (Å²) in [6.07, 6.45) is 5.26. The largest absolute Gasteiger partial charge is 0.481 e. The van der Waals surface area contributed by atoms with Crippen LogP contribution in [0, 0.1) is 33.3 Å². The zero-order valence-electron chi connectivity index (χ0n) is 23.3. The van der Waals surface area contributed by atoms with E-state index in [-0.39, 0.29) is 59.1 Å². The first-order valence-electron chi connectivity index (χ1n) is 13.4. The van der Waals surface area contributed by atoms with Gasteiger partial charge in [-0.25, -0.2) is 15.1 Å². The topological polar surface area (TPSA) is 170 Å². The van der Waals surface area contributed by atoms with Gasteiger partial charge in [-0.15, -0.1) is 0 Å². The van der Waals surface area contributed by atoms with Crippen LogP contribution >= 0.6 is 11.8 Å². The van der Waals surface area contributed by atoms with Gasteiger partial charge in [0, 0.05) is 6.54 Å². The molecule has 214 valence electrons. The predicted molar refractivity (Wildman–Crippen MR) is 148 cm³/mol. The number of thioether (sulfide) groups is 1. The fourth-order valence-corrected chi connectivity index (χ4v) is 6.71. The number of rotatable bonds is 13. The lowest BCUT2D eigenvalue weighted by Crippen LogP contribution is -2.65. The third-order valence-electron chi connectivity index (χ3n) is 8.42. The van der Waals surface area contributed by atoms with Crippen molar-refractivity contribution in [1.82, 2.24) is 16.1 Å². The van der Waals surface area contributed by atoms with Crippen LogP contribution in [0.4, 0.5) is 0 Å². The van der Waals surface area contributed by atoms with Crippen LogP contribution in [0.5, 0.6) is 0 Å². The van der Waals surface area contributed by atoms with Crippen LogP contribution in [0.3, 0.4) is 0 Å². The van der Waals surface area contributed by atoms with Gasteiger partial charge in [0.15, 0.2) is 5.03 Å². The van der Waals surface area contributed by atoms with Gasteiger partial charge in [0.25, 0.3) is 5.96 Å². The van der Waals surface area contributed by atoms with E-state index in [9.17, 15) is 19.7 Å². The van der Waals surface area contributed by atoms with E-state index in [2.05, 4.69) is 50.2 Å². The number of hydrazine groups is 1. The quantitative estimate of drug-likeness (QED) is 0.0658. The first-order valence-corrected chi connectivity index (χ1v) is 14.8. The molecule has 5 N–H and O–H groups in total. The minimum atomic E-state index is -0.796. The Labute approximate surface area is 229 Å². The first kappa shape index (κ1) is 30.5. The molecular weight excluding hydrogens is 511 g/mol. The van der Waals surface area contributed by atoms with Crippen LogP contribution < -0.4 is 21.8 Å². The molecule has 38 heavy (non-hydrogen) atoms. The first-order chi connectivity index (χ1) is 17.8. The SMILES string of the molecule is CSCC(=O)N[C@@H](CCCN=C(N)N[N+](=O)[O-])C(=O)N[C@@H](CC(C)C)B1O[C@@H]2C[C@@H]3C[C@@H](C3(C)C)[C@]2(C)O1. The van der Waals surface area contributed by atoms with E-state index in [0.717, 1.165) is 12.8 Å². The maximum atomic E-state index is 13.5. The molecule has 1 aliphatic heterocycles. The van der Waals surface area contributed by atoms with Crippen molar-refractivity contribution in [1.29, 1.82) is 0 Å². The van der Waals surface area contributed by atoms with Crippen molar-refractivity contribution in [2.75, 3.05) is 18.6 Å². The number of guanidine groups is 1. The summed E-state index contributed by atoms with van der Waals surface area (Å²) in [5, 5.41) is 15.6. The Morgan fingerprint density at radius 1 is 1.26 bits per heavy atom. The Bertz CT molecular complexity index is 923. The van der Waals surface area contributed by atoms with Crippen LogP contribution in [-0.2, 0) is 18.9 Å². The summed E-state index contributed by atoms with van der Waals surface area (Å²) in [6.45, 7) is 11.1. The number of aliphatic imine (C=N–C) groups is 1. The average molecular weight is 555 g/mol. The van der Waals surface area contributed by atoms with Gasteiger partial charge in [-0.3, -0.25) is 9.59 Å². The second-order valence-corrected chi connectivity index (χ2v) is 12.8. The second-order valence-electron chi connectivity index (χ2n) is 11.9. The highest BCUT2D eigenvalue weighted by Gasteiger charge is 2.68. The minimum Gasteiger partial charge on any atom is -0.404 e. The molecule has 2 bridgehead atoms. The Morgan fingerprint density at radius 3 is 2.58 bits per heavy atom. The molecule has 14 heteroatoms. The number of nitrogens with zero attached hydrogens (tertiary/aromatic N) is 2. The van der Waals surface area contributed by atoms with E-state index in [1.807, 2.05) is 6.26 Å². The molecule has 3 aliphatic carbocycles. The number of nitrogens with two attached hydrogens (primary N) is 1. The Hall–Kier alpha value is -2.06. The van der Waals surface area contributed by atoms with Crippen LogP contribution in [0.1, 0.15) is 66.7 Å². The number of carbonyl (C=O) groups is 2. The Balaban J connectivity index is 1.67. The third kappa shape index (κ3) is 6.92. The van der Waals surface area contributed by atoms with Crippen LogP contribution in [0.2, 0.25) is 0 Å². The molecule has 2 amide bonds. The van der Waals surface area contributed by atoms with Gasteiger partial charge in [-0.05, 0) is 68.5 Å². The van der Waals surface area contributed by atoms with Crippen LogP contribution in [0.15, 0.2) is 4.99 Å². The van der Waals surface area contributed by atoms with Gasteiger partial charge in [0.2, 0.25) is 11.8 Å². The lowest BCUT2D eigenvalue weighted by molar-refractivity contribution is -0.525. The van der Waals surface area contributed by atoms with E-state index in [1.54, 1.807) is 5.43 Å². The molecule has 0 radical (unpaired) electrons. The van der Waals surface area contributed by atoms with Crippen molar-refractivity contribution in [2.24, 2.45) is 33.9 Å². The second kappa shape index (κ2) is 12.4. The van der Waals surface area contributed by atoms with E-state index in [0.29, 0.717) is 31.1 Å². The maximum absolute atomic E-state index is 13.5. The molecule has 12 nitrogen and oxygen atoms in total. The van der Waals surface area contributed by atoms with Gasteiger partial charge in [0.1, 0.15) is 6.04 Å². The molecule has 0 aromatic rings. The van der Waals surface area contributed by atoms with E-state index < -0.39 is 18.2 Å². The molecule has 0 unspecified atom stereocenters. The number of hydrogen-bond donors (Lipinski definition) is 4. The monoisotopic (exact) mass is 554 g/mol. The van der Waals surface area contributed by atoms with Crippen molar-refractivity contribution >= 4 is 36.7 Å². The maximum Gasteiger partial charge on any atom is 0.481 e. The molecule has 4 aliphatic rings. The summed E-state index contributed by atoms with van der Waals surface area (Å²) in [5.74, 6) is 0.296. The summed E-state index contributed by atoms with van der Waals surface area (Å²) in [7, 11) is -0.563. The molecular formula is C24H43BN6O6S. The van der Waals surface area contributed by atoms with Crippen molar-refractivity contribution in [3.05, 3.63) is 10.1 Å². The fourth-order valence-electron chi connectivity index (χ4n) is 6.36. The molecule has 6 atom stereocenters. The summed E-state index contributed by atoms with van der Waals surface area (Å²) < 4.78 is 13.1. The molecule has 4 rings (SSSR count). The predicted octanol–water partition coefficient (Wildman–Crippen LogP) is 1.51. The summed E-state index contributed by atoms with van der Waals surface area (Å²) >= 11 is 1.36. The smallest absolute Gasteiger partial charge is 0.404 e. The molecule has 1 saturated heterocycles. The standard InChI is InChI=1S/C24H43BN6O6S/c1-14(2)10-19(25-36-18-12-15-11-17(23(15,3)4)24(18,5)37-25)29-21(33)16(28-20(32)13-38-6)8-7-9-27-22(26)30-31(34)35/h14-19H,7-13H2,1-6H3,(H,28,32)(H,29,33)(H3,26,27,30)/t15-,16-,17-,18+,19-,24-/m0/s1. The number of hydrogen-bond acceptors (Lipinski definition) is 8. The minimum absolute atomic E-state index is 0.00372. The Kier molecular flexibility index (Phi) is 9.96. The normalized spacial score (nSPS) is 29.2. The highest BCUT2D eigenvalue weighted by molar-refractivity contribution is 7.99. The van der Waals surface area contributed by atoms with Crippen molar-refractivity contribution in [3.8, 4) is 0 Å². The molecule has 4 fully saturated rings. The van der Waals surface area contributed by atoms with Gasteiger partial charge < -0.3 is 25.7 Å².